The minimum atomic E-state index is -0.536. The van der Waals surface area contributed by atoms with E-state index in [2.05, 4.69) is 10.6 Å². The Labute approximate surface area is 176 Å². The zero-order valence-electron chi connectivity index (χ0n) is 17.3. The second kappa shape index (κ2) is 15.5. The van der Waals surface area contributed by atoms with Crippen LogP contribution in [0.1, 0.15) is 40.5 Å². The lowest BCUT2D eigenvalue weighted by Crippen LogP contribution is -2.43. The molecular weight excluding hydrogens is 400 g/mol. The fraction of sp³-hybridized carbons (Fsp3) is 0.778. The van der Waals surface area contributed by atoms with Crippen molar-refractivity contribution in [1.82, 2.24) is 15.5 Å². The minimum absolute atomic E-state index is 0.0175. The van der Waals surface area contributed by atoms with E-state index in [1.807, 2.05) is 27.7 Å². The van der Waals surface area contributed by atoms with Gasteiger partial charge in [0.25, 0.3) is 0 Å². The van der Waals surface area contributed by atoms with Crippen molar-refractivity contribution in [2.45, 2.75) is 51.0 Å². The molecule has 4 N–H and O–H groups in total. The van der Waals surface area contributed by atoms with E-state index in [1.54, 1.807) is 23.5 Å². The van der Waals surface area contributed by atoms with Crippen LogP contribution >= 0.6 is 23.5 Å². The number of nitrogens with zero attached hydrogens (tertiary/aromatic N) is 1. The number of rotatable bonds is 15. The van der Waals surface area contributed by atoms with Crippen LogP contribution in [0.15, 0.2) is 0 Å². The molecule has 4 amide bonds. The minimum Gasteiger partial charge on any atom is -0.370 e. The highest BCUT2D eigenvalue weighted by Gasteiger charge is 2.15. The topological polar surface area (TPSA) is 122 Å². The summed E-state index contributed by atoms with van der Waals surface area (Å²) in [6, 6.07) is 0. The highest BCUT2D eigenvalue weighted by Crippen LogP contribution is 2.08. The van der Waals surface area contributed by atoms with Gasteiger partial charge in [-0.25, -0.2) is 0 Å². The van der Waals surface area contributed by atoms with E-state index in [4.69, 9.17) is 5.73 Å². The molecule has 162 valence electrons. The summed E-state index contributed by atoms with van der Waals surface area (Å²) in [6.45, 7) is 9.33. The zero-order valence-corrected chi connectivity index (χ0v) is 18.9. The average Bonchev–Trinajstić information content (AvgIpc) is 2.61. The lowest BCUT2D eigenvalue weighted by atomic mass is 10.2. The van der Waals surface area contributed by atoms with Gasteiger partial charge in [0.1, 0.15) is 0 Å². The normalized spacial score (nSPS) is 10.8. The Morgan fingerprint density at radius 3 is 1.61 bits per heavy atom. The number of carbonyl (C=O) groups excluding carboxylic acids is 4. The first-order chi connectivity index (χ1) is 13.1. The maximum Gasteiger partial charge on any atom is 0.230 e. The van der Waals surface area contributed by atoms with Crippen molar-refractivity contribution in [3.63, 3.8) is 0 Å². The monoisotopic (exact) mass is 434 g/mol. The van der Waals surface area contributed by atoms with Gasteiger partial charge >= 0.3 is 0 Å². The van der Waals surface area contributed by atoms with Crippen LogP contribution in [0.2, 0.25) is 0 Å². The Balaban J connectivity index is 4.41. The highest BCUT2D eigenvalue weighted by atomic mass is 32.2. The predicted octanol–water partition coefficient (Wildman–Crippen LogP) is 0.596. The number of hydrogen-bond donors (Lipinski definition) is 3. The first-order valence-electron chi connectivity index (χ1n) is 9.44. The molecule has 0 unspecified atom stereocenters. The number of amides is 4. The Bertz CT molecular complexity index is 486. The molecule has 8 nitrogen and oxygen atoms in total. The Hall–Kier alpha value is -1.42. The number of thioether (sulfide) groups is 2. The van der Waals surface area contributed by atoms with Crippen molar-refractivity contribution in [2.75, 3.05) is 37.7 Å². The summed E-state index contributed by atoms with van der Waals surface area (Å²) in [6.07, 6.45) is -0.00621. The molecule has 0 aromatic carbocycles. The van der Waals surface area contributed by atoms with Crippen molar-refractivity contribution in [1.29, 1.82) is 0 Å². The van der Waals surface area contributed by atoms with Crippen LogP contribution in [0.4, 0.5) is 0 Å². The van der Waals surface area contributed by atoms with E-state index >= 15 is 0 Å². The Morgan fingerprint density at radius 2 is 1.25 bits per heavy atom. The highest BCUT2D eigenvalue weighted by molar-refractivity contribution is 8.00. The second-order valence-corrected chi connectivity index (χ2v) is 9.90. The lowest BCUT2D eigenvalue weighted by molar-refractivity contribution is -0.133. The van der Waals surface area contributed by atoms with Crippen LogP contribution in [-0.2, 0) is 19.2 Å². The van der Waals surface area contributed by atoms with Crippen molar-refractivity contribution in [3.8, 4) is 0 Å². The summed E-state index contributed by atoms with van der Waals surface area (Å²) in [5.41, 5.74) is 5.11. The summed E-state index contributed by atoms with van der Waals surface area (Å²) in [5.74, 6) is -0.181. The van der Waals surface area contributed by atoms with Gasteiger partial charge in [0.05, 0.1) is 11.5 Å². The third kappa shape index (κ3) is 15.6. The van der Waals surface area contributed by atoms with Gasteiger partial charge in [-0.1, -0.05) is 27.7 Å². The van der Waals surface area contributed by atoms with Crippen molar-refractivity contribution in [2.24, 2.45) is 5.73 Å². The predicted molar refractivity (Wildman–Crippen MR) is 116 cm³/mol. The number of nitrogens with one attached hydrogen (secondary N) is 2. The molecule has 0 aliphatic heterocycles. The van der Waals surface area contributed by atoms with Gasteiger partial charge in [-0.3, -0.25) is 19.2 Å². The molecule has 0 atom stereocenters. The molecule has 0 aliphatic rings. The van der Waals surface area contributed by atoms with E-state index in [9.17, 15) is 19.2 Å². The second-order valence-electron chi connectivity index (χ2n) is 6.77. The largest absolute Gasteiger partial charge is 0.370 e. The molecule has 0 rings (SSSR count). The standard InChI is InChI=1S/C18H34N4O4S2/c1-13(2)27-11-16(24)20-7-9-22(18(26)6-5-15(19)23)10-8-21-17(25)12-28-14(3)4/h13-14H,5-12H2,1-4H3,(H2,19,23)(H,20,24)(H,21,25). The molecule has 0 aromatic heterocycles. The maximum absolute atomic E-state index is 12.3. The van der Waals surface area contributed by atoms with Crippen molar-refractivity contribution >= 4 is 47.2 Å². The summed E-state index contributed by atoms with van der Waals surface area (Å²) in [4.78, 5) is 48.3. The SMILES string of the molecule is CC(C)SCC(=O)NCCN(CCNC(=O)CSC(C)C)C(=O)CCC(N)=O. The average molecular weight is 435 g/mol. The van der Waals surface area contributed by atoms with Gasteiger partial charge in [-0.2, -0.15) is 0 Å². The molecule has 0 saturated carbocycles. The molecule has 0 fully saturated rings. The van der Waals surface area contributed by atoms with E-state index in [1.165, 1.54) is 4.90 Å². The Kier molecular flexibility index (Phi) is 14.7. The third-order valence-corrected chi connectivity index (χ3v) is 5.63. The summed E-state index contributed by atoms with van der Waals surface area (Å²) in [7, 11) is 0. The maximum atomic E-state index is 12.3. The van der Waals surface area contributed by atoms with Gasteiger partial charge in [0.2, 0.25) is 23.6 Å². The smallest absolute Gasteiger partial charge is 0.230 e. The Morgan fingerprint density at radius 1 is 0.821 bits per heavy atom. The van der Waals surface area contributed by atoms with Gasteiger partial charge in [-0.15, -0.1) is 23.5 Å². The van der Waals surface area contributed by atoms with Crippen LogP contribution in [0.3, 0.4) is 0 Å². The molecule has 0 heterocycles. The lowest BCUT2D eigenvalue weighted by Gasteiger charge is -2.23. The zero-order chi connectivity index (χ0) is 21.5. The first-order valence-corrected chi connectivity index (χ1v) is 11.5. The van der Waals surface area contributed by atoms with Crippen LogP contribution < -0.4 is 16.4 Å². The van der Waals surface area contributed by atoms with Crippen LogP contribution in [0.25, 0.3) is 0 Å². The fourth-order valence-corrected chi connectivity index (χ4v) is 3.17. The van der Waals surface area contributed by atoms with Crippen molar-refractivity contribution in [3.05, 3.63) is 0 Å². The molecular formula is C18H34N4O4S2. The van der Waals surface area contributed by atoms with E-state index < -0.39 is 5.91 Å². The van der Waals surface area contributed by atoms with Crippen LogP contribution in [0.5, 0.6) is 0 Å². The molecule has 28 heavy (non-hydrogen) atoms. The summed E-state index contributed by atoms with van der Waals surface area (Å²) in [5, 5.41) is 6.31. The van der Waals surface area contributed by atoms with E-state index in [0.717, 1.165) is 0 Å². The summed E-state index contributed by atoms with van der Waals surface area (Å²) >= 11 is 3.09. The van der Waals surface area contributed by atoms with E-state index in [0.29, 0.717) is 48.2 Å². The van der Waals surface area contributed by atoms with Crippen LogP contribution in [-0.4, -0.2) is 76.7 Å². The van der Waals surface area contributed by atoms with Crippen molar-refractivity contribution < 1.29 is 19.2 Å². The van der Waals surface area contributed by atoms with Crippen LogP contribution in [0, 0.1) is 0 Å². The molecule has 0 aliphatic carbocycles. The molecule has 0 spiro atoms. The molecule has 0 aromatic rings. The van der Waals surface area contributed by atoms with Gasteiger partial charge in [0, 0.05) is 39.0 Å². The molecule has 0 bridgehead atoms. The molecule has 10 heteroatoms. The first kappa shape index (κ1) is 26.6. The number of nitrogens with two attached hydrogens (primary N) is 1. The number of hydrogen-bond acceptors (Lipinski definition) is 6. The van der Waals surface area contributed by atoms with E-state index in [-0.39, 0.29) is 30.6 Å². The molecule has 0 radical (unpaired) electrons. The quantitative estimate of drug-likeness (QED) is 0.347. The number of primary amides is 1. The summed E-state index contributed by atoms with van der Waals surface area (Å²) < 4.78 is 0. The molecule has 0 saturated heterocycles. The fourth-order valence-electron chi connectivity index (χ4n) is 2.00. The number of carbonyl (C=O) groups is 4. The van der Waals surface area contributed by atoms with Gasteiger partial charge < -0.3 is 21.3 Å². The third-order valence-electron chi connectivity index (χ3n) is 3.44. The van der Waals surface area contributed by atoms with Gasteiger partial charge in [-0.05, 0) is 10.5 Å². The van der Waals surface area contributed by atoms with Gasteiger partial charge in [0.15, 0.2) is 0 Å².